The first-order valence-electron chi connectivity index (χ1n) is 7.19. The molecule has 8 heteroatoms. The van der Waals surface area contributed by atoms with Gasteiger partial charge in [0.25, 0.3) is 6.43 Å². The Morgan fingerprint density at radius 1 is 1.52 bits per heavy atom. The molecule has 1 aliphatic rings. The van der Waals surface area contributed by atoms with Crippen molar-refractivity contribution in [1.82, 2.24) is 10.6 Å². The number of halogens is 3. The number of morpholine rings is 1. The lowest BCUT2D eigenvalue weighted by atomic mass is 10.1. The zero-order valence-electron chi connectivity index (χ0n) is 12.8. The van der Waals surface area contributed by atoms with Crippen molar-refractivity contribution >= 4 is 18.3 Å². The molecular weight excluding hydrogens is 330 g/mol. The van der Waals surface area contributed by atoms with Gasteiger partial charge in [-0.2, -0.15) is 0 Å². The van der Waals surface area contributed by atoms with E-state index in [-0.39, 0.29) is 30.5 Å². The van der Waals surface area contributed by atoms with Crippen molar-refractivity contribution in [3.8, 4) is 5.75 Å². The lowest BCUT2D eigenvalue weighted by Gasteiger charge is -2.29. The van der Waals surface area contributed by atoms with E-state index in [2.05, 4.69) is 10.6 Å². The Labute approximate surface area is 140 Å². The molecule has 1 heterocycles. The fourth-order valence-electron chi connectivity index (χ4n) is 2.23. The summed E-state index contributed by atoms with van der Waals surface area (Å²) < 4.78 is 34.6. The van der Waals surface area contributed by atoms with Gasteiger partial charge in [0.1, 0.15) is 18.4 Å². The first-order valence-corrected chi connectivity index (χ1v) is 7.19. The van der Waals surface area contributed by atoms with E-state index in [0.717, 1.165) is 5.56 Å². The van der Waals surface area contributed by atoms with E-state index < -0.39 is 13.0 Å². The molecule has 130 valence electrons. The zero-order valence-corrected chi connectivity index (χ0v) is 13.6. The Morgan fingerprint density at radius 2 is 2.30 bits per heavy atom. The van der Waals surface area contributed by atoms with E-state index in [9.17, 15) is 13.6 Å². The van der Waals surface area contributed by atoms with Crippen LogP contribution in [0.15, 0.2) is 24.3 Å². The fourth-order valence-corrected chi connectivity index (χ4v) is 2.23. The summed E-state index contributed by atoms with van der Waals surface area (Å²) >= 11 is 0. The van der Waals surface area contributed by atoms with Crippen molar-refractivity contribution in [2.45, 2.75) is 32.0 Å². The smallest absolute Gasteiger partial charge is 0.272 e. The molecule has 2 rings (SSSR count). The van der Waals surface area contributed by atoms with E-state index >= 15 is 0 Å². The maximum Gasteiger partial charge on any atom is 0.272 e. The molecular formula is C15H21ClF2N2O3. The van der Waals surface area contributed by atoms with Gasteiger partial charge in [0.15, 0.2) is 0 Å². The minimum absolute atomic E-state index is 0. The number of alkyl halides is 2. The van der Waals surface area contributed by atoms with E-state index in [1.165, 1.54) is 0 Å². The van der Waals surface area contributed by atoms with Crippen molar-refractivity contribution in [2.75, 3.05) is 19.8 Å². The Morgan fingerprint density at radius 3 is 3.00 bits per heavy atom. The number of rotatable bonds is 6. The van der Waals surface area contributed by atoms with Gasteiger partial charge in [-0.05, 0) is 24.6 Å². The largest absolute Gasteiger partial charge is 0.488 e. The van der Waals surface area contributed by atoms with Crippen molar-refractivity contribution < 1.29 is 23.0 Å². The summed E-state index contributed by atoms with van der Waals surface area (Å²) in [7, 11) is 0. The Bertz CT molecular complexity index is 505. The number of hydrogen-bond acceptors (Lipinski definition) is 4. The van der Waals surface area contributed by atoms with E-state index in [0.29, 0.717) is 25.4 Å². The monoisotopic (exact) mass is 350 g/mol. The molecule has 0 spiro atoms. The number of ether oxygens (including phenoxy) is 2. The molecule has 0 saturated carbocycles. The molecule has 1 fully saturated rings. The number of nitrogens with one attached hydrogen (secondary N) is 2. The summed E-state index contributed by atoms with van der Waals surface area (Å²) in [5.41, 5.74) is 0.782. The molecule has 0 aromatic heterocycles. The first-order chi connectivity index (χ1) is 10.6. The van der Waals surface area contributed by atoms with Crippen LogP contribution in [0.2, 0.25) is 0 Å². The summed E-state index contributed by atoms with van der Waals surface area (Å²) in [5.74, 6) is 0.214. The summed E-state index contributed by atoms with van der Waals surface area (Å²) in [6.45, 7) is 2.73. The maximum absolute atomic E-state index is 12.1. The quantitative estimate of drug-likeness (QED) is 0.820. The Balaban J connectivity index is 0.00000264. The van der Waals surface area contributed by atoms with Crippen LogP contribution in [0.3, 0.4) is 0 Å². The van der Waals surface area contributed by atoms with Gasteiger partial charge in [-0.3, -0.25) is 4.79 Å². The lowest BCUT2D eigenvalue weighted by molar-refractivity contribution is -0.129. The minimum atomic E-state index is -2.51. The summed E-state index contributed by atoms with van der Waals surface area (Å²) in [4.78, 5) is 12.1. The second-order valence-electron chi connectivity index (χ2n) is 5.08. The van der Waals surface area contributed by atoms with Crippen molar-refractivity contribution in [2.24, 2.45) is 0 Å². The van der Waals surface area contributed by atoms with Crippen molar-refractivity contribution in [1.29, 1.82) is 0 Å². The molecule has 1 saturated heterocycles. The molecule has 0 bridgehead atoms. The second-order valence-corrected chi connectivity index (χ2v) is 5.08. The van der Waals surface area contributed by atoms with Crippen LogP contribution in [-0.2, 0) is 16.1 Å². The molecule has 1 aliphatic heterocycles. The topological polar surface area (TPSA) is 59.6 Å². The van der Waals surface area contributed by atoms with Crippen molar-refractivity contribution in [3.05, 3.63) is 29.8 Å². The third-order valence-electron chi connectivity index (χ3n) is 3.34. The zero-order chi connectivity index (χ0) is 15.9. The van der Waals surface area contributed by atoms with Gasteiger partial charge < -0.3 is 20.1 Å². The standard InChI is InChI=1S/C15H20F2N2O3.ClH/c1-10-14(18-5-6-21-10)15(20)19-8-11-3-2-4-12(7-11)22-9-13(16)17;/h2-4,7,10,13-14,18H,5-6,8-9H2,1H3,(H,19,20);1H/t10-,14+;/m1./s1. The lowest BCUT2D eigenvalue weighted by Crippen LogP contribution is -2.55. The molecule has 5 nitrogen and oxygen atoms in total. The summed E-state index contributed by atoms with van der Waals surface area (Å²) in [6, 6.07) is 6.35. The van der Waals surface area contributed by atoms with E-state index in [1.54, 1.807) is 24.3 Å². The third kappa shape index (κ3) is 6.29. The fraction of sp³-hybridized carbons (Fsp3) is 0.533. The number of carbonyl (C=O) groups is 1. The number of benzene rings is 1. The normalized spacial score (nSPS) is 20.7. The molecule has 1 amide bonds. The number of carbonyl (C=O) groups excluding carboxylic acids is 1. The van der Waals surface area contributed by atoms with Crippen LogP contribution < -0.4 is 15.4 Å². The highest BCUT2D eigenvalue weighted by Gasteiger charge is 2.27. The predicted molar refractivity (Wildman–Crippen MR) is 84.2 cm³/mol. The van der Waals surface area contributed by atoms with Gasteiger partial charge in [-0.15, -0.1) is 12.4 Å². The third-order valence-corrected chi connectivity index (χ3v) is 3.34. The molecule has 2 N–H and O–H groups in total. The molecule has 2 atom stereocenters. The number of hydrogen-bond donors (Lipinski definition) is 2. The molecule has 1 aromatic rings. The first kappa shape index (κ1) is 19.6. The van der Waals surface area contributed by atoms with Gasteiger partial charge in [0.05, 0.1) is 12.7 Å². The maximum atomic E-state index is 12.1. The Hall–Kier alpha value is -1.44. The van der Waals surface area contributed by atoms with Crippen LogP contribution in [0, 0.1) is 0 Å². The number of amides is 1. The van der Waals surface area contributed by atoms with E-state index in [4.69, 9.17) is 9.47 Å². The van der Waals surface area contributed by atoms with Crippen LogP contribution in [0.1, 0.15) is 12.5 Å². The van der Waals surface area contributed by atoms with Gasteiger partial charge in [-0.1, -0.05) is 12.1 Å². The summed E-state index contributed by atoms with van der Waals surface area (Å²) in [6.07, 6.45) is -2.70. The van der Waals surface area contributed by atoms with Gasteiger partial charge in [0, 0.05) is 13.1 Å². The minimum Gasteiger partial charge on any atom is -0.488 e. The average Bonchev–Trinajstić information content (AvgIpc) is 2.51. The molecule has 23 heavy (non-hydrogen) atoms. The van der Waals surface area contributed by atoms with Gasteiger partial charge in [-0.25, -0.2) is 8.78 Å². The van der Waals surface area contributed by atoms with Crippen LogP contribution >= 0.6 is 12.4 Å². The predicted octanol–water partition coefficient (Wildman–Crippen LogP) is 1.75. The molecule has 0 radical (unpaired) electrons. The highest BCUT2D eigenvalue weighted by atomic mass is 35.5. The van der Waals surface area contributed by atoms with E-state index in [1.807, 2.05) is 6.92 Å². The van der Waals surface area contributed by atoms with Crippen molar-refractivity contribution in [3.63, 3.8) is 0 Å². The molecule has 1 aromatic carbocycles. The second kappa shape index (κ2) is 9.64. The van der Waals surface area contributed by atoms with Crippen LogP contribution in [0.25, 0.3) is 0 Å². The molecule has 0 aliphatic carbocycles. The SMILES string of the molecule is C[C@H]1OCCN[C@@H]1C(=O)NCc1cccc(OCC(F)F)c1.Cl. The highest BCUT2D eigenvalue weighted by molar-refractivity contribution is 5.85. The van der Waals surface area contributed by atoms with Gasteiger partial charge >= 0.3 is 0 Å². The van der Waals surface area contributed by atoms with Crippen LogP contribution in [-0.4, -0.2) is 44.2 Å². The molecule has 0 unspecified atom stereocenters. The average molecular weight is 351 g/mol. The highest BCUT2D eigenvalue weighted by Crippen LogP contribution is 2.14. The van der Waals surface area contributed by atoms with Crippen LogP contribution in [0.4, 0.5) is 8.78 Å². The van der Waals surface area contributed by atoms with Crippen LogP contribution in [0.5, 0.6) is 5.75 Å². The van der Waals surface area contributed by atoms with Gasteiger partial charge in [0.2, 0.25) is 5.91 Å². The Kier molecular flexibility index (Phi) is 8.22. The summed E-state index contributed by atoms with van der Waals surface area (Å²) in [5, 5.41) is 5.91.